The number of hydrogen-bond acceptors (Lipinski definition) is 7. The summed E-state index contributed by atoms with van der Waals surface area (Å²) in [6, 6.07) is 9.51. The van der Waals surface area contributed by atoms with Crippen LogP contribution in [0, 0.1) is 6.92 Å². The molecule has 8 nitrogen and oxygen atoms in total. The first-order valence-corrected chi connectivity index (χ1v) is 9.05. The van der Waals surface area contributed by atoms with Crippen molar-refractivity contribution < 1.29 is 14.3 Å². The van der Waals surface area contributed by atoms with Crippen LogP contribution < -0.4 is 20.3 Å². The number of aryl methyl sites for hydroxylation is 1. The first-order chi connectivity index (χ1) is 13.2. The van der Waals surface area contributed by atoms with E-state index in [0.29, 0.717) is 32.1 Å². The lowest BCUT2D eigenvalue weighted by atomic mass is 10.2. The van der Waals surface area contributed by atoms with E-state index >= 15 is 0 Å². The van der Waals surface area contributed by atoms with Gasteiger partial charge in [0.1, 0.15) is 23.7 Å². The Morgan fingerprint density at radius 3 is 2.74 bits per heavy atom. The van der Waals surface area contributed by atoms with Crippen LogP contribution in [-0.2, 0) is 9.53 Å². The highest BCUT2D eigenvalue weighted by Crippen LogP contribution is 2.15. The zero-order valence-corrected chi connectivity index (χ0v) is 15.5. The molecule has 0 spiro atoms. The molecule has 0 unspecified atom stereocenters. The Balaban J connectivity index is 1.35. The Morgan fingerprint density at radius 1 is 1.19 bits per heavy atom. The van der Waals surface area contributed by atoms with Crippen LogP contribution in [0.15, 0.2) is 36.7 Å². The quantitative estimate of drug-likeness (QED) is 0.675. The van der Waals surface area contributed by atoms with Gasteiger partial charge < -0.3 is 25.0 Å². The van der Waals surface area contributed by atoms with Gasteiger partial charge in [0.05, 0.1) is 13.2 Å². The third-order valence-electron chi connectivity index (χ3n) is 4.13. The summed E-state index contributed by atoms with van der Waals surface area (Å²) in [6.07, 6.45) is 1.54. The number of ether oxygens (including phenoxy) is 2. The first-order valence-electron chi connectivity index (χ1n) is 9.05. The summed E-state index contributed by atoms with van der Waals surface area (Å²) >= 11 is 0. The summed E-state index contributed by atoms with van der Waals surface area (Å²) in [6.45, 7) is 6.12. The molecule has 1 aliphatic rings. The number of morpholine rings is 1. The molecule has 27 heavy (non-hydrogen) atoms. The highest BCUT2D eigenvalue weighted by Gasteiger charge is 2.12. The minimum absolute atomic E-state index is 0.00224. The lowest BCUT2D eigenvalue weighted by Gasteiger charge is -2.27. The fourth-order valence-corrected chi connectivity index (χ4v) is 2.64. The van der Waals surface area contributed by atoms with Crippen LogP contribution in [0.4, 0.5) is 11.6 Å². The molecular weight excluding hydrogens is 346 g/mol. The number of benzene rings is 1. The molecule has 1 saturated heterocycles. The van der Waals surface area contributed by atoms with E-state index < -0.39 is 0 Å². The molecule has 3 rings (SSSR count). The molecule has 2 heterocycles. The van der Waals surface area contributed by atoms with Crippen molar-refractivity contribution in [3.63, 3.8) is 0 Å². The number of carbonyl (C=O) groups excluding carboxylic acids is 1. The molecule has 1 aromatic carbocycles. The van der Waals surface area contributed by atoms with Gasteiger partial charge in [-0.3, -0.25) is 4.79 Å². The van der Waals surface area contributed by atoms with Gasteiger partial charge >= 0.3 is 0 Å². The average Bonchev–Trinajstić information content (AvgIpc) is 2.72. The lowest BCUT2D eigenvalue weighted by Crippen LogP contribution is -2.36. The van der Waals surface area contributed by atoms with E-state index in [4.69, 9.17) is 9.47 Å². The van der Waals surface area contributed by atoms with Gasteiger partial charge in [-0.2, -0.15) is 0 Å². The predicted octanol–water partition coefficient (Wildman–Crippen LogP) is 1.23. The molecule has 8 heteroatoms. The number of hydrogen-bond donors (Lipinski definition) is 2. The fourth-order valence-electron chi connectivity index (χ4n) is 2.64. The van der Waals surface area contributed by atoms with Crippen LogP contribution in [0.25, 0.3) is 0 Å². The Labute approximate surface area is 158 Å². The lowest BCUT2D eigenvalue weighted by molar-refractivity contribution is -0.123. The molecule has 0 aliphatic carbocycles. The third-order valence-corrected chi connectivity index (χ3v) is 4.13. The molecule has 1 amide bonds. The van der Waals surface area contributed by atoms with Crippen molar-refractivity contribution in [1.29, 1.82) is 0 Å². The summed E-state index contributed by atoms with van der Waals surface area (Å²) in [5.41, 5.74) is 1.15. The largest absolute Gasteiger partial charge is 0.484 e. The maximum atomic E-state index is 11.8. The van der Waals surface area contributed by atoms with Crippen molar-refractivity contribution in [3.05, 3.63) is 42.2 Å². The molecule has 2 N–H and O–H groups in total. The predicted molar refractivity (Wildman–Crippen MR) is 103 cm³/mol. The highest BCUT2D eigenvalue weighted by molar-refractivity contribution is 5.77. The van der Waals surface area contributed by atoms with Crippen LogP contribution >= 0.6 is 0 Å². The van der Waals surface area contributed by atoms with Crippen molar-refractivity contribution in [3.8, 4) is 5.75 Å². The Morgan fingerprint density at radius 2 is 1.96 bits per heavy atom. The molecule has 144 valence electrons. The van der Waals surface area contributed by atoms with E-state index in [-0.39, 0.29) is 12.5 Å². The molecule has 2 aromatic rings. The van der Waals surface area contributed by atoms with E-state index in [1.807, 2.05) is 37.3 Å². The van der Waals surface area contributed by atoms with Crippen molar-refractivity contribution >= 4 is 17.5 Å². The first kappa shape index (κ1) is 18.9. The summed E-state index contributed by atoms with van der Waals surface area (Å²) in [5, 5.41) is 6.01. The van der Waals surface area contributed by atoms with Gasteiger partial charge in [0.2, 0.25) is 0 Å². The molecule has 1 aliphatic heterocycles. The smallest absolute Gasteiger partial charge is 0.258 e. The van der Waals surface area contributed by atoms with Crippen LogP contribution in [-0.4, -0.2) is 61.9 Å². The zero-order valence-electron chi connectivity index (χ0n) is 15.5. The SMILES string of the molecule is Cc1ccc(OCC(=O)NCCNc2cc(N3CCOCC3)ncn2)cc1. The molecular formula is C19H25N5O3. The number of amides is 1. The topological polar surface area (TPSA) is 88.6 Å². The van der Waals surface area contributed by atoms with Crippen LogP contribution in [0.3, 0.4) is 0 Å². The third kappa shape index (κ3) is 6.10. The van der Waals surface area contributed by atoms with Gasteiger partial charge in [-0.25, -0.2) is 9.97 Å². The number of nitrogens with one attached hydrogen (secondary N) is 2. The average molecular weight is 371 g/mol. The molecule has 0 radical (unpaired) electrons. The molecule has 0 saturated carbocycles. The Kier molecular flexibility index (Phi) is 6.81. The summed E-state index contributed by atoms with van der Waals surface area (Å²) in [4.78, 5) is 22.5. The number of nitrogens with zero attached hydrogens (tertiary/aromatic N) is 3. The molecule has 1 aromatic heterocycles. The van der Waals surface area contributed by atoms with Crippen LogP contribution in [0.2, 0.25) is 0 Å². The molecule has 0 atom stereocenters. The minimum Gasteiger partial charge on any atom is -0.484 e. The van der Waals surface area contributed by atoms with E-state index in [2.05, 4.69) is 25.5 Å². The summed E-state index contributed by atoms with van der Waals surface area (Å²) in [5.74, 6) is 2.14. The standard InChI is InChI=1S/C19H25N5O3/c1-15-2-4-16(5-3-15)27-13-19(25)21-7-6-20-17-12-18(23-14-22-17)24-8-10-26-11-9-24/h2-5,12,14H,6-11,13H2,1H3,(H,21,25)(H,20,22,23). The summed E-state index contributed by atoms with van der Waals surface area (Å²) in [7, 11) is 0. The minimum atomic E-state index is -0.158. The number of rotatable bonds is 8. The van der Waals surface area contributed by atoms with Gasteiger partial charge in [0, 0.05) is 32.2 Å². The van der Waals surface area contributed by atoms with Crippen molar-refractivity contribution in [2.75, 3.05) is 56.2 Å². The summed E-state index contributed by atoms with van der Waals surface area (Å²) < 4.78 is 10.8. The highest BCUT2D eigenvalue weighted by atomic mass is 16.5. The maximum absolute atomic E-state index is 11.8. The number of anilines is 2. The van der Waals surface area contributed by atoms with E-state index in [1.54, 1.807) is 6.33 Å². The van der Waals surface area contributed by atoms with E-state index in [9.17, 15) is 4.79 Å². The van der Waals surface area contributed by atoms with Gasteiger partial charge in [-0.1, -0.05) is 17.7 Å². The second-order valence-corrected chi connectivity index (χ2v) is 6.24. The van der Waals surface area contributed by atoms with Crippen molar-refractivity contribution in [2.24, 2.45) is 0 Å². The molecule has 1 fully saturated rings. The van der Waals surface area contributed by atoms with Crippen molar-refractivity contribution in [1.82, 2.24) is 15.3 Å². The van der Waals surface area contributed by atoms with Crippen molar-refractivity contribution in [2.45, 2.75) is 6.92 Å². The van der Waals surface area contributed by atoms with Crippen LogP contribution in [0.1, 0.15) is 5.56 Å². The fraction of sp³-hybridized carbons (Fsp3) is 0.421. The zero-order chi connectivity index (χ0) is 18.9. The van der Waals surface area contributed by atoms with Gasteiger partial charge in [0.15, 0.2) is 6.61 Å². The van der Waals surface area contributed by atoms with Gasteiger partial charge in [0.25, 0.3) is 5.91 Å². The number of aromatic nitrogens is 2. The number of carbonyl (C=O) groups is 1. The normalized spacial score (nSPS) is 13.9. The monoisotopic (exact) mass is 371 g/mol. The van der Waals surface area contributed by atoms with Crippen LogP contribution in [0.5, 0.6) is 5.75 Å². The molecule has 0 bridgehead atoms. The van der Waals surface area contributed by atoms with E-state index in [0.717, 1.165) is 30.3 Å². The second-order valence-electron chi connectivity index (χ2n) is 6.24. The Hall–Kier alpha value is -2.87. The van der Waals surface area contributed by atoms with Gasteiger partial charge in [-0.15, -0.1) is 0 Å². The Bertz CT molecular complexity index is 732. The van der Waals surface area contributed by atoms with E-state index in [1.165, 1.54) is 0 Å². The van der Waals surface area contributed by atoms with Gasteiger partial charge in [-0.05, 0) is 19.1 Å². The second kappa shape index (κ2) is 9.72. The maximum Gasteiger partial charge on any atom is 0.258 e.